The first-order valence-corrected chi connectivity index (χ1v) is 8.69. The van der Waals surface area contributed by atoms with Crippen molar-refractivity contribution < 1.29 is 19.5 Å². The van der Waals surface area contributed by atoms with E-state index in [1.807, 2.05) is 42.5 Å². The molecule has 2 N–H and O–H groups in total. The van der Waals surface area contributed by atoms with Crippen molar-refractivity contribution in [3.05, 3.63) is 65.2 Å². The normalized spacial score (nSPS) is 15.3. The molecule has 0 radical (unpaired) electrons. The van der Waals surface area contributed by atoms with Crippen LogP contribution < -0.4 is 5.32 Å². The van der Waals surface area contributed by atoms with Gasteiger partial charge in [-0.2, -0.15) is 0 Å². The van der Waals surface area contributed by atoms with Crippen molar-refractivity contribution in [2.75, 3.05) is 6.54 Å². The average molecular weight is 363 g/mol. The van der Waals surface area contributed by atoms with Gasteiger partial charge in [0, 0.05) is 5.56 Å². The Morgan fingerprint density at radius 1 is 1.04 bits per heavy atom. The second kappa shape index (κ2) is 6.83. The Morgan fingerprint density at radius 2 is 1.70 bits per heavy atom. The maximum absolute atomic E-state index is 13.0. The number of aliphatic hydroxyl groups excluding tert-OH is 1. The molecule has 5 heteroatoms. The molecule has 0 spiro atoms. The first kappa shape index (κ1) is 18.6. The molecule has 138 valence electrons. The fourth-order valence-corrected chi connectivity index (χ4v) is 3.26. The highest BCUT2D eigenvalue weighted by molar-refractivity contribution is 6.28. The maximum Gasteiger partial charge on any atom is 0.259 e. The van der Waals surface area contributed by atoms with Crippen LogP contribution in [-0.4, -0.2) is 29.1 Å². The van der Waals surface area contributed by atoms with Crippen LogP contribution in [0, 0.1) is 0 Å². The summed E-state index contributed by atoms with van der Waals surface area (Å²) in [5, 5.41) is 13.0. The Hall–Kier alpha value is -3.21. The van der Waals surface area contributed by atoms with Gasteiger partial charge < -0.3 is 10.4 Å². The molecule has 2 aromatic rings. The van der Waals surface area contributed by atoms with Crippen LogP contribution in [0.3, 0.4) is 0 Å². The molecule has 0 heterocycles. The van der Waals surface area contributed by atoms with Gasteiger partial charge in [0.25, 0.3) is 5.91 Å². The first-order chi connectivity index (χ1) is 12.7. The number of carbonyl (C=O) groups excluding carboxylic acids is 3. The Morgan fingerprint density at radius 3 is 2.33 bits per heavy atom. The molecular weight excluding hydrogens is 342 g/mol. The predicted molar refractivity (Wildman–Crippen MR) is 103 cm³/mol. The maximum atomic E-state index is 13.0. The summed E-state index contributed by atoms with van der Waals surface area (Å²) in [6.45, 7) is 4.60. The number of aliphatic hydroxyl groups is 1. The number of carbonyl (C=O) groups is 3. The lowest BCUT2D eigenvalue weighted by atomic mass is 9.70. The molecule has 1 amide bonds. The first-order valence-electron chi connectivity index (χ1n) is 8.69. The van der Waals surface area contributed by atoms with Crippen LogP contribution in [0.4, 0.5) is 0 Å². The molecule has 0 fully saturated rings. The Balaban J connectivity index is 2.11. The van der Waals surface area contributed by atoms with Gasteiger partial charge in [0.2, 0.25) is 0 Å². The van der Waals surface area contributed by atoms with Crippen LogP contribution in [0.2, 0.25) is 0 Å². The summed E-state index contributed by atoms with van der Waals surface area (Å²) in [7, 11) is 0. The molecule has 27 heavy (non-hydrogen) atoms. The third kappa shape index (κ3) is 3.28. The summed E-state index contributed by atoms with van der Waals surface area (Å²) in [5.41, 5.74) is 1.74. The van der Waals surface area contributed by atoms with E-state index in [4.69, 9.17) is 0 Å². The monoisotopic (exact) mass is 363 g/mol. The Labute approximate surface area is 157 Å². The molecule has 0 saturated heterocycles. The predicted octanol–water partition coefficient (Wildman–Crippen LogP) is 3.19. The molecule has 0 unspecified atom stereocenters. The van der Waals surface area contributed by atoms with E-state index in [-0.39, 0.29) is 23.7 Å². The zero-order valence-corrected chi connectivity index (χ0v) is 15.5. The van der Waals surface area contributed by atoms with Gasteiger partial charge in [-0.3, -0.25) is 14.4 Å². The second-order valence-electron chi connectivity index (χ2n) is 7.19. The number of benzene rings is 2. The summed E-state index contributed by atoms with van der Waals surface area (Å²) >= 11 is 0. The van der Waals surface area contributed by atoms with E-state index in [2.05, 4.69) is 5.32 Å². The van der Waals surface area contributed by atoms with E-state index in [1.165, 1.54) is 6.92 Å². The van der Waals surface area contributed by atoms with Gasteiger partial charge in [-0.1, -0.05) is 42.5 Å². The van der Waals surface area contributed by atoms with Gasteiger partial charge in [-0.05, 0) is 43.5 Å². The molecule has 1 aliphatic rings. The van der Waals surface area contributed by atoms with E-state index < -0.39 is 17.1 Å². The van der Waals surface area contributed by atoms with Gasteiger partial charge in [0.1, 0.15) is 17.1 Å². The van der Waals surface area contributed by atoms with Gasteiger partial charge >= 0.3 is 0 Å². The average Bonchev–Trinajstić information content (AvgIpc) is 2.65. The SMILES string of the molecule is CC(=O)CNC(=O)C1=C(O)c2ccc(-c3ccccc3)cc2C(C)(C)C1=O. The second-order valence-corrected chi connectivity index (χ2v) is 7.19. The van der Waals surface area contributed by atoms with Crippen molar-refractivity contribution in [1.82, 2.24) is 5.32 Å². The molecule has 0 atom stereocenters. The number of rotatable bonds is 4. The summed E-state index contributed by atoms with van der Waals surface area (Å²) in [4.78, 5) is 36.5. The van der Waals surface area contributed by atoms with Gasteiger partial charge in [0.05, 0.1) is 12.0 Å². The minimum atomic E-state index is -0.991. The van der Waals surface area contributed by atoms with Crippen molar-refractivity contribution >= 4 is 23.2 Å². The summed E-state index contributed by atoms with van der Waals surface area (Å²) in [6, 6.07) is 15.2. The van der Waals surface area contributed by atoms with E-state index >= 15 is 0 Å². The summed E-state index contributed by atoms with van der Waals surface area (Å²) < 4.78 is 0. The zero-order chi connectivity index (χ0) is 19.8. The van der Waals surface area contributed by atoms with Crippen LogP contribution in [-0.2, 0) is 19.8 Å². The smallest absolute Gasteiger partial charge is 0.259 e. The molecule has 0 saturated carbocycles. The molecule has 0 aromatic heterocycles. The highest BCUT2D eigenvalue weighted by Crippen LogP contribution is 2.41. The molecule has 0 bridgehead atoms. The number of nitrogens with one attached hydrogen (secondary N) is 1. The van der Waals surface area contributed by atoms with Gasteiger partial charge in [0.15, 0.2) is 5.78 Å². The molecule has 1 aliphatic carbocycles. The van der Waals surface area contributed by atoms with Crippen molar-refractivity contribution in [1.29, 1.82) is 0 Å². The van der Waals surface area contributed by atoms with Crippen molar-refractivity contribution in [2.24, 2.45) is 0 Å². The molecule has 3 rings (SSSR count). The van der Waals surface area contributed by atoms with Gasteiger partial charge in [-0.15, -0.1) is 0 Å². The lowest BCUT2D eigenvalue weighted by Gasteiger charge is -2.32. The zero-order valence-electron chi connectivity index (χ0n) is 15.5. The van der Waals surface area contributed by atoms with E-state index in [9.17, 15) is 19.5 Å². The van der Waals surface area contributed by atoms with E-state index in [0.717, 1.165) is 11.1 Å². The molecule has 0 aliphatic heterocycles. The topological polar surface area (TPSA) is 83.5 Å². The highest BCUT2D eigenvalue weighted by atomic mass is 16.3. The van der Waals surface area contributed by atoms with Crippen molar-refractivity contribution in [3.63, 3.8) is 0 Å². The summed E-state index contributed by atoms with van der Waals surface area (Å²) in [5.74, 6) is -1.80. The lowest BCUT2D eigenvalue weighted by Crippen LogP contribution is -2.42. The van der Waals surface area contributed by atoms with E-state index in [1.54, 1.807) is 19.9 Å². The molecule has 5 nitrogen and oxygen atoms in total. The molecular formula is C22H21NO4. The standard InChI is InChI=1S/C22H21NO4/c1-13(24)12-23-21(27)18-19(25)16-10-9-15(14-7-5-4-6-8-14)11-17(16)22(2,3)20(18)26/h4-11,25H,12H2,1-3H3,(H,23,27). The van der Waals surface area contributed by atoms with Crippen molar-refractivity contribution in [2.45, 2.75) is 26.2 Å². The van der Waals surface area contributed by atoms with Crippen LogP contribution >= 0.6 is 0 Å². The Bertz CT molecular complexity index is 971. The van der Waals surface area contributed by atoms with Gasteiger partial charge in [-0.25, -0.2) is 0 Å². The number of ketones is 2. The molecule has 2 aromatic carbocycles. The number of fused-ring (bicyclic) bond motifs is 1. The fourth-order valence-electron chi connectivity index (χ4n) is 3.26. The summed E-state index contributed by atoms with van der Waals surface area (Å²) in [6.07, 6.45) is 0. The van der Waals surface area contributed by atoms with E-state index in [0.29, 0.717) is 11.1 Å². The minimum Gasteiger partial charge on any atom is -0.506 e. The number of hydrogen-bond donors (Lipinski definition) is 2. The largest absolute Gasteiger partial charge is 0.506 e. The van der Waals surface area contributed by atoms with Crippen LogP contribution in [0.15, 0.2) is 54.1 Å². The number of Topliss-reactive ketones (excluding diaryl/α,β-unsaturated/α-hetero) is 2. The van der Waals surface area contributed by atoms with Crippen LogP contribution in [0.5, 0.6) is 0 Å². The third-order valence-electron chi connectivity index (χ3n) is 4.81. The number of amides is 1. The highest BCUT2D eigenvalue weighted by Gasteiger charge is 2.43. The fraction of sp³-hybridized carbons (Fsp3) is 0.227. The third-order valence-corrected chi connectivity index (χ3v) is 4.81. The van der Waals surface area contributed by atoms with Crippen molar-refractivity contribution in [3.8, 4) is 11.1 Å². The minimum absolute atomic E-state index is 0.191. The van der Waals surface area contributed by atoms with Crippen LogP contribution in [0.1, 0.15) is 31.9 Å². The number of hydrogen-bond acceptors (Lipinski definition) is 4. The quantitative estimate of drug-likeness (QED) is 0.817. The van der Waals surface area contributed by atoms with Crippen LogP contribution in [0.25, 0.3) is 16.9 Å². The lowest BCUT2D eigenvalue weighted by molar-refractivity contribution is -0.126. The Kier molecular flexibility index (Phi) is 4.70.